The molecular weight excluding hydrogens is 761 g/mol. The van der Waals surface area contributed by atoms with Crippen LogP contribution in [0, 0.1) is 47.3 Å². The van der Waals surface area contributed by atoms with Gasteiger partial charge in [0.15, 0.2) is 0 Å². The number of rotatable bonds is 28. The molecule has 1 heteroatoms. The van der Waals surface area contributed by atoms with Crippen molar-refractivity contribution in [3.8, 4) is 0 Å². The van der Waals surface area contributed by atoms with Gasteiger partial charge < -0.3 is 4.74 Å². The van der Waals surface area contributed by atoms with Crippen LogP contribution in [0.25, 0.3) is 0 Å². The van der Waals surface area contributed by atoms with Gasteiger partial charge in [-0.1, -0.05) is 205 Å². The Morgan fingerprint density at radius 2 is 0.651 bits per heavy atom. The van der Waals surface area contributed by atoms with Crippen LogP contribution in [0.3, 0.4) is 0 Å². The molecule has 0 radical (unpaired) electrons. The van der Waals surface area contributed by atoms with Crippen molar-refractivity contribution in [1.29, 1.82) is 0 Å². The standard InChI is InChI=1S/C62H102O/c1-5-9-13-15-19-23-51-25-33-53(34-26-51)55-41-45-59(46-42-55)61(57-37-29-49(30-38-57)21-17-11-7-3)63-62(58-39-31-50(32-40-58)22-18-12-8-4)60-47-43-56(44-48-60)54-35-27-52(28-36-54)24-20-16-14-10-6-2/h29-32,37-40,51-56,59-62H,5-28,33-36,41-48H2,1-4H3/t51-,52-,53-,54-,55-,56-,59-,60-,61?,62?. The minimum absolute atomic E-state index is 0.197. The summed E-state index contributed by atoms with van der Waals surface area (Å²) in [6, 6.07) is 19.9. The van der Waals surface area contributed by atoms with Gasteiger partial charge in [0.25, 0.3) is 0 Å². The zero-order valence-electron chi connectivity index (χ0n) is 42.3. The predicted molar refractivity (Wildman–Crippen MR) is 274 cm³/mol. The van der Waals surface area contributed by atoms with Gasteiger partial charge in [0.2, 0.25) is 0 Å². The van der Waals surface area contributed by atoms with Gasteiger partial charge in [-0.2, -0.15) is 0 Å². The lowest BCUT2D eigenvalue weighted by Gasteiger charge is -2.43. The molecule has 1 nitrogen and oxygen atoms in total. The van der Waals surface area contributed by atoms with Crippen LogP contribution in [0.5, 0.6) is 0 Å². The number of aryl methyl sites for hydroxylation is 2. The molecule has 2 aromatic carbocycles. The Morgan fingerprint density at radius 3 is 0.984 bits per heavy atom. The zero-order chi connectivity index (χ0) is 43.9. The quantitative estimate of drug-likeness (QED) is 0.0775. The second-order valence-corrected chi connectivity index (χ2v) is 22.7. The Hall–Kier alpha value is -1.60. The summed E-state index contributed by atoms with van der Waals surface area (Å²) in [6.07, 6.45) is 51.2. The topological polar surface area (TPSA) is 9.23 Å². The fourth-order valence-electron chi connectivity index (χ4n) is 13.8. The molecule has 0 amide bonds. The van der Waals surface area contributed by atoms with E-state index >= 15 is 0 Å². The molecule has 0 spiro atoms. The van der Waals surface area contributed by atoms with Gasteiger partial charge in [-0.25, -0.2) is 0 Å². The monoisotopic (exact) mass is 863 g/mol. The smallest absolute Gasteiger partial charge is 0.0861 e. The third-order valence-electron chi connectivity index (χ3n) is 18.1. The first-order chi connectivity index (χ1) is 31.1. The van der Waals surface area contributed by atoms with Crippen LogP contribution in [-0.4, -0.2) is 0 Å². The Balaban J connectivity index is 1.11. The Kier molecular flexibility index (Phi) is 23.6. The van der Waals surface area contributed by atoms with E-state index in [9.17, 15) is 0 Å². The molecule has 2 aromatic rings. The molecule has 4 saturated carbocycles. The Bertz CT molecular complexity index is 1300. The molecule has 4 fully saturated rings. The molecule has 0 bridgehead atoms. The minimum atomic E-state index is 0.197. The maximum Gasteiger partial charge on any atom is 0.0861 e. The first-order valence-corrected chi connectivity index (χ1v) is 28.9. The molecule has 6 rings (SSSR count). The molecule has 4 aliphatic rings. The number of benzene rings is 2. The summed E-state index contributed by atoms with van der Waals surface area (Å²) in [6.45, 7) is 9.33. The highest BCUT2D eigenvalue weighted by Gasteiger charge is 2.39. The van der Waals surface area contributed by atoms with E-state index in [4.69, 9.17) is 4.74 Å². The van der Waals surface area contributed by atoms with Gasteiger partial charge in [-0.05, 0) is 172 Å². The first-order valence-electron chi connectivity index (χ1n) is 28.9. The van der Waals surface area contributed by atoms with E-state index in [1.807, 2.05) is 0 Å². The molecule has 356 valence electrons. The van der Waals surface area contributed by atoms with E-state index in [0.717, 1.165) is 35.5 Å². The van der Waals surface area contributed by atoms with Crippen LogP contribution >= 0.6 is 0 Å². The molecule has 0 aromatic heterocycles. The lowest BCUT2D eigenvalue weighted by atomic mass is 9.67. The van der Waals surface area contributed by atoms with Gasteiger partial charge in [-0.3, -0.25) is 0 Å². The average Bonchev–Trinajstić information content (AvgIpc) is 3.33. The van der Waals surface area contributed by atoms with Gasteiger partial charge in [0.05, 0.1) is 12.2 Å². The van der Waals surface area contributed by atoms with Crippen molar-refractivity contribution in [2.45, 2.75) is 271 Å². The fourth-order valence-corrected chi connectivity index (χ4v) is 13.8. The summed E-state index contributed by atoms with van der Waals surface area (Å²) in [4.78, 5) is 0. The van der Waals surface area contributed by atoms with Crippen LogP contribution in [0.15, 0.2) is 48.5 Å². The molecule has 4 aliphatic carbocycles. The molecule has 0 aliphatic heterocycles. The van der Waals surface area contributed by atoms with Crippen LogP contribution in [0.1, 0.15) is 280 Å². The number of hydrogen-bond acceptors (Lipinski definition) is 1. The van der Waals surface area contributed by atoms with Crippen LogP contribution < -0.4 is 0 Å². The first kappa shape index (κ1) is 50.8. The van der Waals surface area contributed by atoms with E-state index in [1.165, 1.54) is 253 Å². The predicted octanol–water partition coefficient (Wildman–Crippen LogP) is 19.9. The van der Waals surface area contributed by atoms with E-state index in [2.05, 4.69) is 76.2 Å². The number of ether oxygens (including phenoxy) is 1. The van der Waals surface area contributed by atoms with Gasteiger partial charge >= 0.3 is 0 Å². The number of unbranched alkanes of at least 4 members (excludes halogenated alkanes) is 12. The van der Waals surface area contributed by atoms with Gasteiger partial charge in [0.1, 0.15) is 0 Å². The van der Waals surface area contributed by atoms with Crippen LogP contribution in [0.4, 0.5) is 0 Å². The number of hydrogen-bond donors (Lipinski definition) is 0. The van der Waals surface area contributed by atoms with Crippen molar-refractivity contribution in [3.63, 3.8) is 0 Å². The summed E-state index contributed by atoms with van der Waals surface area (Å²) in [5.41, 5.74) is 5.96. The summed E-state index contributed by atoms with van der Waals surface area (Å²) in [5.74, 6) is 7.14. The summed E-state index contributed by atoms with van der Waals surface area (Å²) < 4.78 is 7.89. The highest BCUT2D eigenvalue weighted by Crippen LogP contribution is 2.50. The fraction of sp³-hybridized carbons (Fsp3) is 0.806. The van der Waals surface area contributed by atoms with E-state index in [0.29, 0.717) is 11.8 Å². The van der Waals surface area contributed by atoms with E-state index in [1.54, 1.807) is 0 Å². The highest BCUT2D eigenvalue weighted by molar-refractivity contribution is 5.28. The van der Waals surface area contributed by atoms with Gasteiger partial charge in [0, 0.05) is 0 Å². The van der Waals surface area contributed by atoms with Crippen molar-refractivity contribution in [1.82, 2.24) is 0 Å². The summed E-state index contributed by atoms with van der Waals surface area (Å²) in [5, 5.41) is 0. The lowest BCUT2D eigenvalue weighted by molar-refractivity contribution is -0.0934. The Labute approximate surface area is 392 Å². The second-order valence-electron chi connectivity index (χ2n) is 22.7. The van der Waals surface area contributed by atoms with Gasteiger partial charge in [-0.15, -0.1) is 0 Å². The molecular formula is C62H102O. The van der Waals surface area contributed by atoms with E-state index in [-0.39, 0.29) is 12.2 Å². The second kappa shape index (κ2) is 29.2. The third-order valence-corrected chi connectivity index (χ3v) is 18.1. The van der Waals surface area contributed by atoms with Crippen LogP contribution in [-0.2, 0) is 17.6 Å². The molecule has 0 heterocycles. The molecule has 2 atom stereocenters. The van der Waals surface area contributed by atoms with Crippen molar-refractivity contribution in [2.75, 3.05) is 0 Å². The third kappa shape index (κ3) is 16.9. The zero-order valence-corrected chi connectivity index (χ0v) is 42.3. The maximum atomic E-state index is 7.89. The molecule has 2 unspecified atom stereocenters. The van der Waals surface area contributed by atoms with Crippen LogP contribution in [0.2, 0.25) is 0 Å². The highest BCUT2D eigenvalue weighted by atomic mass is 16.5. The summed E-state index contributed by atoms with van der Waals surface area (Å²) in [7, 11) is 0. The van der Waals surface area contributed by atoms with Crippen molar-refractivity contribution >= 4 is 0 Å². The maximum absolute atomic E-state index is 7.89. The minimum Gasteiger partial charge on any atom is -0.365 e. The lowest BCUT2D eigenvalue weighted by Crippen LogP contribution is -2.31. The van der Waals surface area contributed by atoms with Crippen molar-refractivity contribution in [3.05, 3.63) is 70.8 Å². The molecule has 0 N–H and O–H groups in total. The molecule has 0 saturated heterocycles. The van der Waals surface area contributed by atoms with Crippen molar-refractivity contribution in [2.24, 2.45) is 47.3 Å². The molecule has 63 heavy (non-hydrogen) atoms. The average molecular weight is 863 g/mol. The van der Waals surface area contributed by atoms with E-state index < -0.39 is 0 Å². The normalized spacial score (nSPS) is 27.9. The van der Waals surface area contributed by atoms with Crippen molar-refractivity contribution < 1.29 is 4.74 Å². The largest absolute Gasteiger partial charge is 0.365 e. The summed E-state index contributed by atoms with van der Waals surface area (Å²) >= 11 is 0. The Morgan fingerprint density at radius 1 is 0.349 bits per heavy atom. The SMILES string of the molecule is CCCCCCC[C@H]1CC[C@H]([C@H]2CC[C@H](C(OC(c3ccc(CCCCC)cc3)[C@H]3CC[C@H]([C@H]4CC[C@H](CCCCCCC)CC4)CC3)c3ccc(CCCCC)cc3)CC2)CC1.